The van der Waals surface area contributed by atoms with E-state index in [4.69, 9.17) is 4.74 Å². The van der Waals surface area contributed by atoms with Gasteiger partial charge in [0.25, 0.3) is 0 Å². The number of benzene rings is 2. The molecule has 2 saturated carbocycles. The van der Waals surface area contributed by atoms with Crippen LogP contribution in [0.1, 0.15) is 49.8 Å². The molecule has 32 heavy (non-hydrogen) atoms. The summed E-state index contributed by atoms with van der Waals surface area (Å²) >= 11 is 0. The summed E-state index contributed by atoms with van der Waals surface area (Å²) in [4.78, 5) is 0. The lowest BCUT2D eigenvalue weighted by Crippen LogP contribution is -2.43. The number of rotatable bonds is 6. The second-order valence-electron chi connectivity index (χ2n) is 9.42. The third-order valence-corrected chi connectivity index (χ3v) is 8.27. The highest BCUT2D eigenvalue weighted by Gasteiger charge is 2.48. The SMILES string of the molecule is CS(=O)(=O)n1c2ccccc2cc1[C@]1(OCC2CC2)CC[C@](C#N)(c2ccccc2)CC1. The first-order chi connectivity index (χ1) is 15.4. The monoisotopic (exact) mass is 448 g/mol. The Balaban J connectivity index is 1.60. The van der Waals surface area contributed by atoms with Crippen molar-refractivity contribution in [1.82, 2.24) is 3.97 Å². The Hall–Kier alpha value is -2.62. The fourth-order valence-corrected chi connectivity index (χ4v) is 6.24. The van der Waals surface area contributed by atoms with Crippen molar-refractivity contribution in [2.45, 2.75) is 49.5 Å². The molecule has 6 heteroatoms. The Kier molecular flexibility index (Phi) is 5.15. The molecule has 0 unspecified atom stereocenters. The first-order valence-corrected chi connectivity index (χ1v) is 13.1. The van der Waals surface area contributed by atoms with Gasteiger partial charge in [-0.1, -0.05) is 48.5 Å². The minimum absolute atomic E-state index is 0.555. The van der Waals surface area contributed by atoms with Gasteiger partial charge in [0.1, 0.15) is 5.60 Å². The molecule has 0 bridgehead atoms. The summed E-state index contributed by atoms with van der Waals surface area (Å²) in [6, 6.07) is 22.1. The molecule has 0 amide bonds. The minimum Gasteiger partial charge on any atom is -0.368 e. The van der Waals surface area contributed by atoms with E-state index in [0.717, 1.165) is 23.8 Å². The number of aromatic nitrogens is 1. The highest BCUT2D eigenvalue weighted by Crippen LogP contribution is 2.50. The van der Waals surface area contributed by atoms with Crippen molar-refractivity contribution in [2.75, 3.05) is 12.9 Å². The van der Waals surface area contributed by atoms with Crippen LogP contribution in [0.3, 0.4) is 0 Å². The molecule has 1 aromatic heterocycles. The van der Waals surface area contributed by atoms with E-state index in [2.05, 4.69) is 6.07 Å². The highest BCUT2D eigenvalue weighted by molar-refractivity contribution is 7.89. The molecular formula is C26H28N2O3S. The number of fused-ring (bicyclic) bond motifs is 1. The first kappa shape index (κ1) is 21.2. The van der Waals surface area contributed by atoms with Crippen LogP contribution >= 0.6 is 0 Å². The van der Waals surface area contributed by atoms with Crippen molar-refractivity contribution in [3.8, 4) is 6.07 Å². The van der Waals surface area contributed by atoms with Crippen LogP contribution < -0.4 is 0 Å². The van der Waals surface area contributed by atoms with E-state index in [0.29, 0.717) is 49.4 Å². The molecule has 0 N–H and O–H groups in total. The van der Waals surface area contributed by atoms with Crippen molar-refractivity contribution in [1.29, 1.82) is 5.26 Å². The Morgan fingerprint density at radius 2 is 1.69 bits per heavy atom. The Bertz CT molecular complexity index is 1280. The predicted molar refractivity (Wildman–Crippen MR) is 125 cm³/mol. The zero-order chi connectivity index (χ0) is 22.4. The Morgan fingerprint density at radius 3 is 2.31 bits per heavy atom. The second-order valence-corrected chi connectivity index (χ2v) is 11.3. The zero-order valence-corrected chi connectivity index (χ0v) is 19.1. The van der Waals surface area contributed by atoms with Crippen molar-refractivity contribution < 1.29 is 13.2 Å². The van der Waals surface area contributed by atoms with E-state index in [-0.39, 0.29) is 0 Å². The summed E-state index contributed by atoms with van der Waals surface area (Å²) in [6.07, 6.45) is 6.05. The quantitative estimate of drug-likeness (QED) is 0.525. The Morgan fingerprint density at radius 1 is 1.03 bits per heavy atom. The molecule has 0 spiro atoms. The van der Waals surface area contributed by atoms with Gasteiger partial charge in [-0.2, -0.15) is 5.26 Å². The highest BCUT2D eigenvalue weighted by atomic mass is 32.2. The zero-order valence-electron chi connectivity index (χ0n) is 18.3. The standard InChI is InChI=1S/C26H28N2O3S/c1-32(29,30)28-23-10-6-5-7-21(23)17-24(28)26(31-18-20-11-12-20)15-13-25(19-27,14-16-26)22-8-3-2-4-9-22/h2-10,17,20H,11-16,18H2,1H3/t25-,26-. The number of ether oxygens (including phenoxy) is 1. The topological polar surface area (TPSA) is 72.1 Å². The summed E-state index contributed by atoms with van der Waals surface area (Å²) in [6.45, 7) is 0.635. The number of para-hydroxylation sites is 1. The minimum atomic E-state index is -3.54. The van der Waals surface area contributed by atoms with Gasteiger partial charge in [-0.3, -0.25) is 0 Å². The maximum absolute atomic E-state index is 12.9. The van der Waals surface area contributed by atoms with Crippen LogP contribution in [0.2, 0.25) is 0 Å². The van der Waals surface area contributed by atoms with Crippen LogP contribution in [0.5, 0.6) is 0 Å². The second kappa shape index (κ2) is 7.75. The smallest absolute Gasteiger partial charge is 0.236 e. The van der Waals surface area contributed by atoms with Crippen LogP contribution in [0.25, 0.3) is 10.9 Å². The molecule has 0 radical (unpaired) electrons. The largest absolute Gasteiger partial charge is 0.368 e. The van der Waals surface area contributed by atoms with Gasteiger partial charge < -0.3 is 4.74 Å². The van der Waals surface area contributed by atoms with Gasteiger partial charge in [-0.15, -0.1) is 0 Å². The summed E-state index contributed by atoms with van der Waals surface area (Å²) in [5, 5.41) is 11.1. The van der Waals surface area contributed by atoms with Gasteiger partial charge in [0.2, 0.25) is 10.0 Å². The van der Waals surface area contributed by atoms with E-state index in [1.165, 1.54) is 10.2 Å². The first-order valence-electron chi connectivity index (χ1n) is 11.3. The lowest BCUT2D eigenvalue weighted by Gasteiger charge is -2.44. The van der Waals surface area contributed by atoms with Crippen molar-refractivity contribution in [3.63, 3.8) is 0 Å². The average molecular weight is 449 g/mol. The molecule has 0 saturated heterocycles. The number of hydrogen-bond acceptors (Lipinski definition) is 4. The van der Waals surface area contributed by atoms with Crippen LogP contribution in [-0.4, -0.2) is 25.3 Å². The van der Waals surface area contributed by atoms with Crippen molar-refractivity contribution >= 4 is 20.9 Å². The van der Waals surface area contributed by atoms with Gasteiger partial charge >= 0.3 is 0 Å². The third kappa shape index (κ3) is 3.64. The van der Waals surface area contributed by atoms with Crippen LogP contribution in [0.15, 0.2) is 60.7 Å². The molecule has 2 aliphatic carbocycles. The fourth-order valence-electron chi connectivity index (χ4n) is 5.14. The van der Waals surface area contributed by atoms with Crippen LogP contribution in [0.4, 0.5) is 0 Å². The summed E-state index contributed by atoms with van der Waals surface area (Å²) in [5.74, 6) is 0.555. The van der Waals surface area contributed by atoms with Crippen molar-refractivity contribution in [3.05, 3.63) is 71.9 Å². The molecule has 2 aromatic carbocycles. The predicted octanol–water partition coefficient (Wildman–Crippen LogP) is 5.11. The van der Waals surface area contributed by atoms with Gasteiger partial charge in [0.05, 0.1) is 35.6 Å². The van der Waals surface area contributed by atoms with E-state index < -0.39 is 21.0 Å². The van der Waals surface area contributed by atoms with Crippen molar-refractivity contribution in [2.24, 2.45) is 5.92 Å². The molecule has 166 valence electrons. The molecule has 2 aliphatic rings. The lowest BCUT2D eigenvalue weighted by atomic mass is 9.65. The molecular weight excluding hydrogens is 420 g/mol. The van der Waals surface area contributed by atoms with Gasteiger partial charge in [0, 0.05) is 5.39 Å². The maximum Gasteiger partial charge on any atom is 0.236 e. The molecule has 1 heterocycles. The molecule has 5 rings (SSSR count). The van der Waals surface area contributed by atoms with Gasteiger partial charge in [-0.05, 0) is 62.1 Å². The molecule has 3 aromatic rings. The summed E-state index contributed by atoms with van der Waals surface area (Å²) < 4.78 is 33.9. The fraction of sp³-hybridized carbons (Fsp3) is 0.423. The molecule has 5 nitrogen and oxygen atoms in total. The third-order valence-electron chi connectivity index (χ3n) is 7.21. The van der Waals surface area contributed by atoms with E-state index in [1.54, 1.807) is 0 Å². The van der Waals surface area contributed by atoms with Gasteiger partial charge in [-0.25, -0.2) is 12.4 Å². The number of nitriles is 1. The maximum atomic E-state index is 12.9. The average Bonchev–Trinajstić information content (AvgIpc) is 3.55. The molecule has 2 fully saturated rings. The molecule has 0 aliphatic heterocycles. The summed E-state index contributed by atoms with van der Waals surface area (Å²) in [7, 11) is -3.54. The van der Waals surface area contributed by atoms with E-state index >= 15 is 0 Å². The van der Waals surface area contributed by atoms with Gasteiger partial charge in [0.15, 0.2) is 0 Å². The number of nitrogens with zero attached hydrogens (tertiary/aromatic N) is 2. The normalized spacial score (nSPS) is 26.1. The van der Waals surface area contributed by atoms with Crippen LogP contribution in [-0.2, 0) is 25.8 Å². The van der Waals surface area contributed by atoms with Crippen LogP contribution in [0, 0.1) is 17.2 Å². The number of hydrogen-bond donors (Lipinski definition) is 0. The lowest BCUT2D eigenvalue weighted by molar-refractivity contribution is -0.0911. The van der Waals surface area contributed by atoms with E-state index in [1.807, 2.05) is 60.7 Å². The summed E-state index contributed by atoms with van der Waals surface area (Å²) in [5.41, 5.74) is 1.11. The molecule has 0 atom stereocenters. The van der Waals surface area contributed by atoms with E-state index in [9.17, 15) is 13.7 Å². The Labute approximate surface area is 189 Å².